The van der Waals surface area contributed by atoms with Crippen molar-refractivity contribution >= 4 is 55.0 Å². The topological polar surface area (TPSA) is 3.24 Å². The normalized spacial score (nSPS) is 15.3. The van der Waals surface area contributed by atoms with Crippen molar-refractivity contribution in [3.05, 3.63) is 240 Å². The molecule has 1 nitrogen and oxygen atoms in total. The van der Waals surface area contributed by atoms with Crippen LogP contribution in [0.5, 0.6) is 0 Å². The monoisotopic (exact) mass is 913 g/mol. The lowest BCUT2D eigenvalue weighted by atomic mass is 9.80. The molecule has 10 aromatic rings. The van der Waals surface area contributed by atoms with Crippen LogP contribution >= 0.6 is 0 Å². The summed E-state index contributed by atoms with van der Waals surface area (Å²) in [5, 5.41) is 7.55. The zero-order valence-electron chi connectivity index (χ0n) is 42.0. The van der Waals surface area contributed by atoms with Crippen molar-refractivity contribution in [3.63, 3.8) is 0 Å². The van der Waals surface area contributed by atoms with E-state index in [0.29, 0.717) is 0 Å². The molecule has 0 aliphatic heterocycles. The Kier molecular flexibility index (Phi) is 9.69. The van der Waals surface area contributed by atoms with Gasteiger partial charge in [0.25, 0.3) is 0 Å². The highest BCUT2D eigenvalue weighted by molar-refractivity contribution is 6.33. The van der Waals surface area contributed by atoms with Gasteiger partial charge in [0.2, 0.25) is 0 Å². The van der Waals surface area contributed by atoms with E-state index in [9.17, 15) is 0 Å². The van der Waals surface area contributed by atoms with Crippen LogP contribution in [0, 0.1) is 0 Å². The van der Waals surface area contributed by atoms with Gasteiger partial charge in [-0.05, 0) is 177 Å². The van der Waals surface area contributed by atoms with Gasteiger partial charge in [-0.1, -0.05) is 212 Å². The first-order valence-corrected chi connectivity index (χ1v) is 25.6. The third-order valence-corrected chi connectivity index (χ3v) is 16.5. The second-order valence-corrected chi connectivity index (χ2v) is 22.4. The lowest BCUT2D eigenvalue weighted by molar-refractivity contribution is 0.590. The minimum absolute atomic E-state index is 0.0464. The smallest absolute Gasteiger partial charge is 0.0468 e. The summed E-state index contributed by atoms with van der Waals surface area (Å²) in [5.41, 5.74) is 23.2. The highest BCUT2D eigenvalue weighted by Crippen LogP contribution is 2.55. The van der Waals surface area contributed by atoms with E-state index < -0.39 is 0 Å². The number of rotatable bonds is 6. The third kappa shape index (κ3) is 6.66. The SMILES string of the molecule is CC(C)(C)c1ccc(-c2cc(-c3ccccc3)c3c4ccccc4c4cc(N(c5ccc6c(c5)C(C)(C)C5=C6CCC=C5)c5ccc6c(c5)C(C)(C)c5ccccc5-6)ccc4c3c2-c2ccccc2)cc1. The zero-order chi connectivity index (χ0) is 48.4. The number of nitrogens with zero attached hydrogens (tertiary/aromatic N) is 1. The molecule has 1 heteroatoms. The van der Waals surface area contributed by atoms with Crippen molar-refractivity contribution in [1.82, 2.24) is 0 Å². The quantitative estimate of drug-likeness (QED) is 0.150. The molecular weight excluding hydrogens is 855 g/mol. The zero-order valence-corrected chi connectivity index (χ0v) is 42.0. The molecule has 3 aliphatic rings. The van der Waals surface area contributed by atoms with Crippen molar-refractivity contribution < 1.29 is 0 Å². The standard InChI is InChI=1S/C70H59N/c1-68(2,3)47-32-30-45(31-33-47)58-43-59(44-20-10-8-11-21-44)66-56-27-15-14-24-51(56)60-40-48(36-39-57(60)67(66)65(58)46-22-12-9-13-23-46)71(49-34-37-54-52-25-16-18-28-61(52)69(4,5)63(54)41-49)50-35-38-55-53-26-17-19-29-62(53)70(6,7)64(55)42-50/h8-16,18-25,27-43H,17,26H2,1-7H3. The molecule has 0 aromatic heterocycles. The Morgan fingerprint density at radius 3 is 1.69 bits per heavy atom. The molecule has 0 unspecified atom stereocenters. The number of fused-ring (bicyclic) bond motifs is 11. The average Bonchev–Trinajstić information content (AvgIpc) is 3.77. The van der Waals surface area contributed by atoms with Gasteiger partial charge in [0.15, 0.2) is 0 Å². The summed E-state index contributed by atoms with van der Waals surface area (Å²) >= 11 is 0. The number of hydrogen-bond donors (Lipinski definition) is 0. The maximum atomic E-state index is 2.54. The molecule has 0 heterocycles. The van der Waals surface area contributed by atoms with Gasteiger partial charge in [0, 0.05) is 27.9 Å². The van der Waals surface area contributed by atoms with Crippen molar-refractivity contribution in [3.8, 4) is 44.5 Å². The summed E-state index contributed by atoms with van der Waals surface area (Å²) in [7, 11) is 0. The first-order valence-electron chi connectivity index (χ1n) is 25.6. The highest BCUT2D eigenvalue weighted by Gasteiger charge is 2.39. The predicted octanol–water partition coefficient (Wildman–Crippen LogP) is 19.6. The van der Waals surface area contributed by atoms with E-state index in [2.05, 4.69) is 260 Å². The molecular formula is C70H59N. The van der Waals surface area contributed by atoms with E-state index in [1.54, 1.807) is 0 Å². The van der Waals surface area contributed by atoms with Crippen molar-refractivity contribution in [2.45, 2.75) is 77.6 Å². The summed E-state index contributed by atoms with van der Waals surface area (Å²) in [4.78, 5) is 2.54. The predicted molar refractivity (Wildman–Crippen MR) is 305 cm³/mol. The largest absolute Gasteiger partial charge is 0.310 e. The van der Waals surface area contributed by atoms with E-state index in [1.807, 2.05) is 0 Å². The van der Waals surface area contributed by atoms with Crippen molar-refractivity contribution in [2.24, 2.45) is 0 Å². The average molecular weight is 914 g/mol. The Morgan fingerprint density at radius 1 is 0.408 bits per heavy atom. The second-order valence-electron chi connectivity index (χ2n) is 22.4. The van der Waals surface area contributed by atoms with Crippen LogP contribution in [0.2, 0.25) is 0 Å². The second kappa shape index (κ2) is 15.9. The molecule has 71 heavy (non-hydrogen) atoms. The Bertz CT molecular complexity index is 3870. The number of allylic oxidation sites excluding steroid dienone is 4. The number of anilines is 3. The maximum absolute atomic E-state index is 2.54. The van der Waals surface area contributed by atoms with Crippen LogP contribution in [0.4, 0.5) is 17.1 Å². The van der Waals surface area contributed by atoms with Gasteiger partial charge >= 0.3 is 0 Å². The highest BCUT2D eigenvalue weighted by atomic mass is 15.1. The van der Waals surface area contributed by atoms with E-state index >= 15 is 0 Å². The molecule has 0 spiro atoms. The molecule has 3 aliphatic carbocycles. The van der Waals surface area contributed by atoms with Gasteiger partial charge in [-0.3, -0.25) is 0 Å². The third-order valence-electron chi connectivity index (χ3n) is 16.5. The molecule has 0 radical (unpaired) electrons. The molecule has 10 aromatic carbocycles. The Hall–Kier alpha value is -7.74. The van der Waals surface area contributed by atoms with Crippen LogP contribution in [0.15, 0.2) is 212 Å². The fourth-order valence-electron chi connectivity index (χ4n) is 12.8. The molecule has 13 rings (SSSR count). The first-order chi connectivity index (χ1) is 34.4. The molecule has 0 saturated carbocycles. The van der Waals surface area contributed by atoms with Gasteiger partial charge in [0.05, 0.1) is 0 Å². The summed E-state index contributed by atoms with van der Waals surface area (Å²) in [6.45, 7) is 16.5. The van der Waals surface area contributed by atoms with E-state index in [0.717, 1.165) is 18.5 Å². The van der Waals surface area contributed by atoms with Crippen LogP contribution in [0.1, 0.15) is 89.1 Å². The Morgan fingerprint density at radius 2 is 0.972 bits per heavy atom. The van der Waals surface area contributed by atoms with Crippen LogP contribution in [0.25, 0.3) is 82.4 Å². The molecule has 0 saturated heterocycles. The van der Waals surface area contributed by atoms with Crippen LogP contribution in [0.3, 0.4) is 0 Å². The van der Waals surface area contributed by atoms with Crippen LogP contribution in [-0.4, -0.2) is 0 Å². The summed E-state index contributed by atoms with van der Waals surface area (Å²) in [5.74, 6) is 0. The molecule has 0 amide bonds. The minimum atomic E-state index is -0.142. The van der Waals surface area contributed by atoms with Gasteiger partial charge < -0.3 is 4.90 Å². The first kappa shape index (κ1) is 43.3. The molecule has 0 bridgehead atoms. The lowest BCUT2D eigenvalue weighted by Crippen LogP contribution is -2.18. The maximum Gasteiger partial charge on any atom is 0.0468 e. The molecule has 0 N–H and O–H groups in total. The summed E-state index contributed by atoms with van der Waals surface area (Å²) in [6.07, 6.45) is 6.96. The van der Waals surface area contributed by atoms with Crippen molar-refractivity contribution in [1.29, 1.82) is 0 Å². The summed E-state index contributed by atoms with van der Waals surface area (Å²) in [6, 6.07) is 74.0. The fourth-order valence-corrected chi connectivity index (χ4v) is 12.8. The van der Waals surface area contributed by atoms with E-state index in [-0.39, 0.29) is 16.2 Å². The van der Waals surface area contributed by atoms with Crippen LogP contribution in [-0.2, 0) is 16.2 Å². The van der Waals surface area contributed by atoms with Gasteiger partial charge in [-0.15, -0.1) is 0 Å². The molecule has 344 valence electrons. The fraction of sp³-hybridized carbons (Fsp3) is 0.171. The van der Waals surface area contributed by atoms with Crippen LogP contribution < -0.4 is 4.90 Å². The Balaban J connectivity index is 1.11. The molecule has 0 fully saturated rings. The number of benzene rings is 10. The van der Waals surface area contributed by atoms with Crippen molar-refractivity contribution in [2.75, 3.05) is 4.90 Å². The van der Waals surface area contributed by atoms with E-state index in [1.165, 1.54) is 127 Å². The Labute approximate surface area is 419 Å². The summed E-state index contributed by atoms with van der Waals surface area (Å²) < 4.78 is 0. The number of hydrogen-bond acceptors (Lipinski definition) is 1. The lowest BCUT2D eigenvalue weighted by Gasteiger charge is -2.30. The minimum Gasteiger partial charge on any atom is -0.310 e. The van der Waals surface area contributed by atoms with E-state index in [4.69, 9.17) is 0 Å². The van der Waals surface area contributed by atoms with Gasteiger partial charge in [-0.25, -0.2) is 0 Å². The molecule has 0 atom stereocenters. The van der Waals surface area contributed by atoms with Gasteiger partial charge in [0.1, 0.15) is 0 Å². The van der Waals surface area contributed by atoms with Gasteiger partial charge in [-0.2, -0.15) is 0 Å².